The molecule has 0 aliphatic rings. The largest absolute Gasteiger partial charge is 0.316 e. The molecule has 3 rings (SSSR count). The molecule has 152 valence electrons. The first-order valence-electron chi connectivity index (χ1n) is 9.34. The van der Waals surface area contributed by atoms with Gasteiger partial charge in [0.1, 0.15) is 16.5 Å². The number of hydrogen-bond acceptors (Lipinski definition) is 5. The molecule has 0 saturated heterocycles. The monoisotopic (exact) mass is 411 g/mol. The van der Waals surface area contributed by atoms with Crippen molar-refractivity contribution in [2.24, 2.45) is 7.05 Å². The maximum Gasteiger partial charge on any atom is 0.295 e. The van der Waals surface area contributed by atoms with Gasteiger partial charge >= 0.3 is 0 Å². The van der Waals surface area contributed by atoms with Gasteiger partial charge in [0.2, 0.25) is 0 Å². The molecule has 0 atom stereocenters. The molecular formula is C21H25N5O2S. The maximum absolute atomic E-state index is 13.1. The molecule has 0 unspecified atom stereocenters. The first-order chi connectivity index (χ1) is 13.8. The van der Waals surface area contributed by atoms with Crippen LogP contribution in [0.2, 0.25) is 0 Å². The summed E-state index contributed by atoms with van der Waals surface area (Å²) in [5.74, 6) is 0.477. The highest BCUT2D eigenvalue weighted by molar-refractivity contribution is 7.98. The molecule has 3 aromatic rings. The lowest BCUT2D eigenvalue weighted by Crippen LogP contribution is -2.24. The Labute approximate surface area is 174 Å². The number of nitrogens with zero attached hydrogens (tertiary/aromatic N) is 4. The van der Waals surface area contributed by atoms with Crippen LogP contribution >= 0.6 is 11.8 Å². The lowest BCUT2D eigenvalue weighted by molar-refractivity contribution is 0.102. The van der Waals surface area contributed by atoms with Crippen LogP contribution in [0.1, 0.15) is 47.3 Å². The highest BCUT2D eigenvalue weighted by Gasteiger charge is 2.23. The van der Waals surface area contributed by atoms with Gasteiger partial charge < -0.3 is 5.32 Å². The molecule has 0 aliphatic carbocycles. The van der Waals surface area contributed by atoms with E-state index in [0.29, 0.717) is 27.8 Å². The van der Waals surface area contributed by atoms with Gasteiger partial charge in [0.25, 0.3) is 11.5 Å². The lowest BCUT2D eigenvalue weighted by Gasteiger charge is -2.13. The van der Waals surface area contributed by atoms with Crippen LogP contribution < -0.4 is 10.9 Å². The van der Waals surface area contributed by atoms with Gasteiger partial charge in [-0.2, -0.15) is 0 Å². The Morgan fingerprint density at radius 3 is 2.38 bits per heavy atom. The van der Waals surface area contributed by atoms with Crippen LogP contribution in [0.5, 0.6) is 0 Å². The van der Waals surface area contributed by atoms with Crippen LogP contribution in [0, 0.1) is 13.8 Å². The number of benzene rings is 1. The Morgan fingerprint density at radius 1 is 1.14 bits per heavy atom. The number of anilines is 1. The first kappa shape index (κ1) is 20.9. The molecule has 0 fully saturated rings. The fourth-order valence-electron chi connectivity index (χ4n) is 3.12. The summed E-state index contributed by atoms with van der Waals surface area (Å²) in [7, 11) is 1.79. The number of thioether (sulfide) groups is 1. The van der Waals surface area contributed by atoms with Crippen molar-refractivity contribution in [2.75, 3.05) is 11.6 Å². The van der Waals surface area contributed by atoms with Gasteiger partial charge in [-0.3, -0.25) is 14.3 Å². The van der Waals surface area contributed by atoms with E-state index in [1.165, 1.54) is 16.4 Å². The van der Waals surface area contributed by atoms with Crippen molar-refractivity contribution < 1.29 is 4.79 Å². The number of aryl methyl sites for hydroxylation is 1. The third-order valence-electron chi connectivity index (χ3n) is 4.80. The minimum atomic E-state index is -0.381. The molecule has 2 heterocycles. The summed E-state index contributed by atoms with van der Waals surface area (Å²) in [6.07, 6.45) is 1.87. The molecule has 0 saturated carbocycles. The van der Waals surface area contributed by atoms with E-state index in [9.17, 15) is 9.59 Å². The summed E-state index contributed by atoms with van der Waals surface area (Å²) in [4.78, 5) is 35.2. The van der Waals surface area contributed by atoms with Crippen LogP contribution in [0.15, 0.2) is 40.2 Å². The molecule has 0 radical (unpaired) electrons. The normalized spacial score (nSPS) is 11.1. The Balaban J connectivity index is 2.04. The van der Waals surface area contributed by atoms with E-state index in [1.54, 1.807) is 25.6 Å². The highest BCUT2D eigenvalue weighted by Crippen LogP contribution is 2.24. The van der Waals surface area contributed by atoms with Crippen LogP contribution in [0.3, 0.4) is 0 Å². The third kappa shape index (κ3) is 3.85. The molecule has 0 spiro atoms. The zero-order valence-electron chi connectivity index (χ0n) is 17.5. The van der Waals surface area contributed by atoms with E-state index in [2.05, 4.69) is 15.3 Å². The second-order valence-corrected chi connectivity index (χ2v) is 7.89. The predicted octanol–water partition coefficient (Wildman–Crippen LogP) is 3.68. The Morgan fingerprint density at radius 2 is 1.79 bits per heavy atom. The van der Waals surface area contributed by atoms with Gasteiger partial charge in [-0.15, -0.1) is 11.8 Å². The van der Waals surface area contributed by atoms with E-state index in [-0.39, 0.29) is 23.1 Å². The lowest BCUT2D eigenvalue weighted by atomic mass is 10.1. The molecule has 1 aromatic carbocycles. The molecule has 0 aliphatic heterocycles. The Hall–Kier alpha value is -2.87. The minimum Gasteiger partial charge on any atom is -0.316 e. The molecule has 1 N–H and O–H groups in total. The fourth-order valence-corrected chi connectivity index (χ4v) is 3.75. The second kappa shape index (κ2) is 8.24. The Bertz CT molecular complexity index is 1120. The summed E-state index contributed by atoms with van der Waals surface area (Å²) < 4.78 is 3.26. The number of amides is 1. The average Bonchev–Trinajstić information content (AvgIpc) is 2.90. The van der Waals surface area contributed by atoms with Crippen LogP contribution in [0.25, 0.3) is 5.69 Å². The summed E-state index contributed by atoms with van der Waals surface area (Å²) in [6, 6.07) is 9.32. The van der Waals surface area contributed by atoms with E-state index >= 15 is 0 Å². The topological polar surface area (TPSA) is 81.8 Å². The quantitative estimate of drug-likeness (QED) is 0.512. The average molecular weight is 412 g/mol. The van der Waals surface area contributed by atoms with Gasteiger partial charge in [0, 0.05) is 13.0 Å². The Kier molecular flexibility index (Phi) is 5.93. The van der Waals surface area contributed by atoms with Gasteiger partial charge in [0.05, 0.1) is 22.6 Å². The van der Waals surface area contributed by atoms with Crippen molar-refractivity contribution in [1.82, 2.24) is 19.3 Å². The SMILES string of the molecule is CSc1nc(C(C)C)nc(C)c1C(=O)Nc1c(C)n(C)n(-c2ccccc2)c1=O. The number of rotatable bonds is 5. The summed E-state index contributed by atoms with van der Waals surface area (Å²) in [6.45, 7) is 7.62. The number of nitrogens with one attached hydrogen (secondary N) is 1. The number of para-hydroxylation sites is 1. The summed E-state index contributed by atoms with van der Waals surface area (Å²) >= 11 is 1.39. The first-order valence-corrected chi connectivity index (χ1v) is 10.6. The van der Waals surface area contributed by atoms with Crippen molar-refractivity contribution >= 4 is 23.4 Å². The van der Waals surface area contributed by atoms with E-state index in [1.807, 2.05) is 50.4 Å². The number of carbonyl (C=O) groups excluding carboxylic acids is 1. The zero-order chi connectivity index (χ0) is 21.3. The molecule has 29 heavy (non-hydrogen) atoms. The van der Waals surface area contributed by atoms with Crippen molar-refractivity contribution in [3.05, 3.63) is 63.5 Å². The van der Waals surface area contributed by atoms with Gasteiger partial charge in [-0.1, -0.05) is 32.0 Å². The summed E-state index contributed by atoms with van der Waals surface area (Å²) in [5, 5.41) is 3.41. The molecule has 8 heteroatoms. The zero-order valence-corrected chi connectivity index (χ0v) is 18.3. The molecule has 0 bridgehead atoms. The minimum absolute atomic E-state index is 0.158. The fraction of sp³-hybridized carbons (Fsp3) is 0.333. The van der Waals surface area contributed by atoms with Crippen molar-refractivity contribution in [2.45, 2.75) is 38.6 Å². The number of aromatic nitrogens is 4. The number of carbonyl (C=O) groups is 1. The van der Waals surface area contributed by atoms with Crippen LogP contribution in [-0.4, -0.2) is 31.5 Å². The van der Waals surface area contributed by atoms with Gasteiger partial charge in [0.15, 0.2) is 0 Å². The standard InChI is InChI=1S/C21H25N5O2S/c1-12(2)18-22-13(3)16(20(24-18)29-6)19(27)23-17-14(4)25(5)26(21(17)28)15-10-8-7-9-11-15/h7-12H,1-6H3,(H,23,27). The van der Waals surface area contributed by atoms with E-state index in [4.69, 9.17) is 0 Å². The predicted molar refractivity (Wildman–Crippen MR) is 116 cm³/mol. The third-order valence-corrected chi connectivity index (χ3v) is 5.49. The maximum atomic E-state index is 13.1. The van der Waals surface area contributed by atoms with E-state index < -0.39 is 0 Å². The van der Waals surface area contributed by atoms with Crippen molar-refractivity contribution in [3.63, 3.8) is 0 Å². The van der Waals surface area contributed by atoms with Crippen molar-refractivity contribution in [1.29, 1.82) is 0 Å². The van der Waals surface area contributed by atoms with Gasteiger partial charge in [-0.05, 0) is 32.2 Å². The molecule has 1 amide bonds. The molecule has 7 nitrogen and oxygen atoms in total. The summed E-state index contributed by atoms with van der Waals surface area (Å²) in [5.41, 5.74) is 2.36. The second-order valence-electron chi connectivity index (χ2n) is 7.10. The number of hydrogen-bond donors (Lipinski definition) is 1. The highest BCUT2D eigenvalue weighted by atomic mass is 32.2. The van der Waals surface area contributed by atoms with Crippen molar-refractivity contribution in [3.8, 4) is 5.69 Å². The smallest absolute Gasteiger partial charge is 0.295 e. The van der Waals surface area contributed by atoms with Crippen LogP contribution in [0.4, 0.5) is 5.69 Å². The van der Waals surface area contributed by atoms with Crippen LogP contribution in [-0.2, 0) is 7.05 Å². The van der Waals surface area contributed by atoms with Gasteiger partial charge in [-0.25, -0.2) is 14.6 Å². The molecule has 2 aromatic heterocycles. The van der Waals surface area contributed by atoms with E-state index in [0.717, 1.165) is 5.69 Å². The molecular weight excluding hydrogens is 386 g/mol.